The van der Waals surface area contributed by atoms with Gasteiger partial charge in [0.15, 0.2) is 0 Å². The van der Waals surface area contributed by atoms with E-state index in [2.05, 4.69) is 30.3 Å². The van der Waals surface area contributed by atoms with Crippen LogP contribution >= 0.6 is 0 Å². The van der Waals surface area contributed by atoms with E-state index in [0.29, 0.717) is 19.5 Å². The Kier molecular flexibility index (Phi) is 4.36. The molecular weight excluding hydrogens is 326 g/mol. The first kappa shape index (κ1) is 16.6. The lowest BCUT2D eigenvalue weighted by atomic mass is 9.96. The average molecular weight is 347 g/mol. The quantitative estimate of drug-likeness (QED) is 0.905. The molecule has 0 aromatic heterocycles. The third-order valence-electron chi connectivity index (χ3n) is 5.26. The Bertz CT molecular complexity index is 828. The van der Waals surface area contributed by atoms with Gasteiger partial charge in [-0.05, 0) is 28.7 Å². The highest BCUT2D eigenvalue weighted by molar-refractivity contribution is 5.79. The van der Waals surface area contributed by atoms with E-state index in [0.717, 1.165) is 0 Å². The second-order valence-electron chi connectivity index (χ2n) is 7.03. The summed E-state index contributed by atoms with van der Waals surface area (Å²) in [5.74, 6) is -0.184. The van der Waals surface area contributed by atoms with E-state index >= 15 is 0 Å². The van der Waals surface area contributed by atoms with Gasteiger partial charge < -0.3 is 15.4 Å². The molecule has 0 spiro atoms. The molecule has 1 aliphatic heterocycles. The third kappa shape index (κ3) is 2.93. The topological polar surface area (TPSA) is 79.4 Å². The monoisotopic (exact) mass is 347 g/mol. The fourth-order valence-corrected chi connectivity index (χ4v) is 4.07. The van der Waals surface area contributed by atoms with Crippen molar-refractivity contribution < 1.29 is 9.53 Å². The molecule has 2 aromatic rings. The number of piperidine rings is 1. The van der Waals surface area contributed by atoms with E-state index < -0.39 is 0 Å². The molecular formula is C21H21N3O2. The van der Waals surface area contributed by atoms with Crippen molar-refractivity contribution in [2.45, 2.75) is 18.4 Å². The lowest BCUT2D eigenvalue weighted by Crippen LogP contribution is -2.49. The number of likely N-dealkylation sites (tertiary alicyclic amines) is 1. The van der Waals surface area contributed by atoms with Crippen LogP contribution in [0.15, 0.2) is 48.5 Å². The fourth-order valence-electron chi connectivity index (χ4n) is 4.07. The molecule has 0 saturated carbocycles. The van der Waals surface area contributed by atoms with Gasteiger partial charge in [-0.25, -0.2) is 4.79 Å². The van der Waals surface area contributed by atoms with E-state index in [-0.39, 0.29) is 30.6 Å². The van der Waals surface area contributed by atoms with Crippen LogP contribution < -0.4 is 5.73 Å². The van der Waals surface area contributed by atoms with Crippen LogP contribution in [0.25, 0.3) is 11.1 Å². The number of nitrogens with zero attached hydrogens (tertiary/aromatic N) is 2. The predicted molar refractivity (Wildman–Crippen MR) is 98.3 cm³/mol. The number of hydrogen-bond acceptors (Lipinski definition) is 4. The minimum atomic E-state index is -0.387. The van der Waals surface area contributed by atoms with E-state index in [1.807, 2.05) is 24.3 Å². The molecule has 0 bridgehead atoms. The minimum absolute atomic E-state index is 0.0385. The van der Waals surface area contributed by atoms with Crippen LogP contribution in [0.3, 0.4) is 0 Å². The van der Waals surface area contributed by atoms with E-state index in [9.17, 15) is 4.79 Å². The SMILES string of the molecule is N#CC1CC(N)CN(C(=O)OCC2c3ccccc3-c3ccccc32)C1. The highest BCUT2D eigenvalue weighted by atomic mass is 16.6. The van der Waals surface area contributed by atoms with Gasteiger partial charge in [-0.15, -0.1) is 0 Å². The Labute approximate surface area is 153 Å². The van der Waals surface area contributed by atoms with Crippen LogP contribution in [0.1, 0.15) is 23.5 Å². The van der Waals surface area contributed by atoms with Crippen molar-refractivity contribution in [3.8, 4) is 17.2 Å². The highest BCUT2D eigenvalue weighted by Gasteiger charge is 2.32. The molecule has 1 amide bonds. The van der Waals surface area contributed by atoms with Gasteiger partial charge in [0.2, 0.25) is 0 Å². The molecule has 1 fully saturated rings. The lowest BCUT2D eigenvalue weighted by molar-refractivity contribution is 0.0835. The number of rotatable bonds is 2. The molecule has 132 valence electrons. The maximum atomic E-state index is 12.5. The summed E-state index contributed by atoms with van der Waals surface area (Å²) in [5.41, 5.74) is 10.8. The summed E-state index contributed by atoms with van der Waals surface area (Å²) < 4.78 is 5.64. The molecule has 1 aliphatic carbocycles. The van der Waals surface area contributed by atoms with Crippen LogP contribution in [0.5, 0.6) is 0 Å². The number of ether oxygens (including phenoxy) is 1. The van der Waals surface area contributed by atoms with Crippen molar-refractivity contribution in [1.29, 1.82) is 5.26 Å². The van der Waals surface area contributed by atoms with Crippen LogP contribution in [-0.2, 0) is 4.74 Å². The number of carbonyl (C=O) groups excluding carboxylic acids is 1. The van der Waals surface area contributed by atoms with Crippen molar-refractivity contribution in [3.63, 3.8) is 0 Å². The molecule has 2 aliphatic rings. The van der Waals surface area contributed by atoms with Crippen molar-refractivity contribution in [2.24, 2.45) is 11.7 Å². The Balaban J connectivity index is 1.50. The third-order valence-corrected chi connectivity index (χ3v) is 5.26. The molecule has 0 radical (unpaired) electrons. The predicted octanol–water partition coefficient (Wildman–Crippen LogP) is 3.11. The number of nitriles is 1. The summed E-state index contributed by atoms with van der Waals surface area (Å²) in [7, 11) is 0. The van der Waals surface area contributed by atoms with Gasteiger partial charge in [0.1, 0.15) is 6.61 Å². The Morgan fingerprint density at radius 1 is 1.12 bits per heavy atom. The first-order chi connectivity index (χ1) is 12.7. The maximum Gasteiger partial charge on any atom is 0.409 e. The lowest BCUT2D eigenvalue weighted by Gasteiger charge is -2.33. The first-order valence-electron chi connectivity index (χ1n) is 8.92. The Morgan fingerprint density at radius 3 is 2.35 bits per heavy atom. The van der Waals surface area contributed by atoms with E-state index in [1.165, 1.54) is 22.3 Å². The van der Waals surface area contributed by atoms with Gasteiger partial charge >= 0.3 is 6.09 Å². The van der Waals surface area contributed by atoms with Crippen LogP contribution in [0, 0.1) is 17.2 Å². The Morgan fingerprint density at radius 2 is 1.73 bits per heavy atom. The summed E-state index contributed by atoms with van der Waals surface area (Å²) in [6.45, 7) is 1.12. The smallest absolute Gasteiger partial charge is 0.409 e. The van der Waals surface area contributed by atoms with Gasteiger partial charge in [0, 0.05) is 25.0 Å². The minimum Gasteiger partial charge on any atom is -0.448 e. The van der Waals surface area contributed by atoms with Crippen molar-refractivity contribution >= 4 is 6.09 Å². The number of carbonyl (C=O) groups is 1. The number of hydrogen-bond donors (Lipinski definition) is 1. The molecule has 1 heterocycles. The molecule has 1 saturated heterocycles. The number of amides is 1. The van der Waals surface area contributed by atoms with E-state index in [4.69, 9.17) is 15.7 Å². The van der Waals surface area contributed by atoms with Crippen LogP contribution in [0.2, 0.25) is 0 Å². The molecule has 2 aromatic carbocycles. The van der Waals surface area contributed by atoms with Gasteiger partial charge in [0.05, 0.1) is 12.0 Å². The van der Waals surface area contributed by atoms with Crippen molar-refractivity contribution in [2.75, 3.05) is 19.7 Å². The summed E-state index contributed by atoms with van der Waals surface area (Å²) in [6.07, 6.45) is 0.242. The molecule has 4 rings (SSSR count). The standard InChI is InChI=1S/C21H21N3O2/c22-10-14-9-15(23)12-24(11-14)21(25)26-13-20-18-7-3-1-5-16(18)17-6-2-4-8-19(17)20/h1-8,14-15,20H,9,11-13,23H2. The fraction of sp³-hybridized carbons (Fsp3) is 0.333. The van der Waals surface area contributed by atoms with Gasteiger partial charge in [-0.1, -0.05) is 48.5 Å². The van der Waals surface area contributed by atoms with Gasteiger partial charge in [0.25, 0.3) is 0 Å². The average Bonchev–Trinajstić information content (AvgIpc) is 2.99. The largest absolute Gasteiger partial charge is 0.448 e. The molecule has 5 nitrogen and oxygen atoms in total. The summed E-state index contributed by atoms with van der Waals surface area (Å²) in [6, 6.07) is 18.5. The maximum absolute atomic E-state index is 12.5. The second-order valence-corrected chi connectivity index (χ2v) is 7.03. The van der Waals surface area contributed by atoms with Gasteiger partial charge in [-0.2, -0.15) is 5.26 Å². The number of nitrogens with two attached hydrogens (primary N) is 1. The van der Waals surface area contributed by atoms with Gasteiger partial charge in [-0.3, -0.25) is 0 Å². The van der Waals surface area contributed by atoms with Crippen LogP contribution in [0.4, 0.5) is 4.79 Å². The first-order valence-corrected chi connectivity index (χ1v) is 8.92. The van der Waals surface area contributed by atoms with E-state index in [1.54, 1.807) is 4.90 Å². The molecule has 5 heteroatoms. The summed E-state index contributed by atoms with van der Waals surface area (Å²) in [5, 5.41) is 9.15. The molecule has 26 heavy (non-hydrogen) atoms. The summed E-state index contributed by atoms with van der Waals surface area (Å²) >= 11 is 0. The normalized spacial score (nSPS) is 21.6. The zero-order valence-corrected chi connectivity index (χ0v) is 14.5. The number of benzene rings is 2. The zero-order chi connectivity index (χ0) is 18.1. The number of fused-ring (bicyclic) bond motifs is 3. The molecule has 2 atom stereocenters. The Hall–Kier alpha value is -2.84. The van der Waals surface area contributed by atoms with Crippen molar-refractivity contribution in [1.82, 2.24) is 4.90 Å². The second kappa shape index (κ2) is 6.81. The zero-order valence-electron chi connectivity index (χ0n) is 14.5. The highest BCUT2D eigenvalue weighted by Crippen LogP contribution is 2.44. The summed E-state index contributed by atoms with van der Waals surface area (Å²) in [4.78, 5) is 14.1. The van der Waals surface area contributed by atoms with Crippen molar-refractivity contribution in [3.05, 3.63) is 59.7 Å². The molecule has 2 unspecified atom stereocenters. The molecule has 2 N–H and O–H groups in total. The van der Waals surface area contributed by atoms with Crippen LogP contribution in [-0.4, -0.2) is 36.7 Å².